The molecule has 0 saturated carbocycles. The van der Waals surface area contributed by atoms with Gasteiger partial charge in [-0.3, -0.25) is 4.79 Å². The molecular weight excluding hydrogens is 447 g/mol. The van der Waals surface area contributed by atoms with E-state index >= 15 is 0 Å². The summed E-state index contributed by atoms with van der Waals surface area (Å²) in [6.45, 7) is 2.16. The van der Waals surface area contributed by atoms with Crippen LogP contribution in [0.3, 0.4) is 0 Å². The van der Waals surface area contributed by atoms with Crippen LogP contribution in [0.1, 0.15) is 21.7 Å². The van der Waals surface area contributed by atoms with Crippen LogP contribution in [0.25, 0.3) is 10.6 Å². The number of nitrogens with zero attached hydrogens (tertiary/aromatic N) is 1. The topological polar surface area (TPSA) is 48.4 Å². The molecule has 0 fully saturated rings. The third-order valence-electron chi connectivity index (χ3n) is 4.34. The number of ether oxygens (including phenoxy) is 2. The van der Waals surface area contributed by atoms with Crippen LogP contribution < -0.4 is 4.74 Å². The molecule has 0 unspecified atom stereocenters. The number of hydrogen-bond acceptors (Lipinski definition) is 6. The highest BCUT2D eigenvalue weighted by molar-refractivity contribution is 7.99. The van der Waals surface area contributed by atoms with Gasteiger partial charge in [-0.15, -0.1) is 23.1 Å². The molecule has 0 atom stereocenters. The average Bonchev–Trinajstić information content (AvgIpc) is 3.12. The second-order valence-corrected chi connectivity index (χ2v) is 8.68. The maximum absolute atomic E-state index is 12.7. The first kappa shape index (κ1) is 23.1. The smallest absolute Gasteiger partial charge is 0.416 e. The molecule has 0 saturated heterocycles. The summed E-state index contributed by atoms with van der Waals surface area (Å²) < 4.78 is 48.8. The van der Waals surface area contributed by atoms with Gasteiger partial charge in [-0.05, 0) is 36.8 Å². The number of methoxy groups -OCH3 is 1. The fourth-order valence-corrected chi connectivity index (χ4v) is 4.46. The SMILES string of the molecule is COC(=O)CSCc1cccc(OCc2sc(-c3ccc(C(F)(F)F)cc3)nc2C)c1. The molecule has 0 bridgehead atoms. The fraction of sp³-hybridized carbons (Fsp3) is 0.273. The number of aryl methyl sites for hydroxylation is 1. The van der Waals surface area contributed by atoms with Gasteiger partial charge in [-0.2, -0.15) is 13.2 Å². The van der Waals surface area contributed by atoms with E-state index in [0.29, 0.717) is 28.7 Å². The third-order valence-corrected chi connectivity index (χ3v) is 6.49. The predicted molar refractivity (Wildman–Crippen MR) is 116 cm³/mol. The van der Waals surface area contributed by atoms with Gasteiger partial charge < -0.3 is 9.47 Å². The molecule has 0 amide bonds. The summed E-state index contributed by atoms with van der Waals surface area (Å²) in [5.41, 5.74) is 1.76. The summed E-state index contributed by atoms with van der Waals surface area (Å²) in [6, 6.07) is 12.6. The highest BCUT2D eigenvalue weighted by atomic mass is 32.2. The Kier molecular flexibility index (Phi) is 7.61. The molecule has 0 aliphatic rings. The zero-order chi connectivity index (χ0) is 22.4. The largest absolute Gasteiger partial charge is 0.488 e. The van der Waals surface area contributed by atoms with Crippen LogP contribution in [0.4, 0.5) is 13.2 Å². The molecule has 0 aliphatic carbocycles. The number of rotatable bonds is 8. The molecular formula is C22H20F3NO3S2. The van der Waals surface area contributed by atoms with Crippen molar-refractivity contribution in [2.75, 3.05) is 12.9 Å². The van der Waals surface area contributed by atoms with Crippen LogP contribution in [0, 0.1) is 6.92 Å². The van der Waals surface area contributed by atoms with Gasteiger partial charge in [0.15, 0.2) is 0 Å². The van der Waals surface area contributed by atoms with Crippen molar-refractivity contribution in [1.29, 1.82) is 0 Å². The van der Waals surface area contributed by atoms with E-state index in [1.165, 1.54) is 42.3 Å². The van der Waals surface area contributed by atoms with Crippen LogP contribution in [0.15, 0.2) is 48.5 Å². The number of benzene rings is 2. The Morgan fingerprint density at radius 3 is 2.58 bits per heavy atom. The molecule has 1 heterocycles. The fourth-order valence-electron chi connectivity index (χ4n) is 2.67. The van der Waals surface area contributed by atoms with E-state index in [0.717, 1.165) is 28.3 Å². The second-order valence-electron chi connectivity index (χ2n) is 6.61. The van der Waals surface area contributed by atoms with E-state index in [2.05, 4.69) is 9.72 Å². The minimum absolute atomic E-state index is 0.262. The first-order valence-electron chi connectivity index (χ1n) is 9.26. The third kappa shape index (κ3) is 6.48. The molecule has 0 N–H and O–H groups in total. The lowest BCUT2D eigenvalue weighted by molar-refractivity contribution is -0.138. The Balaban J connectivity index is 1.62. The van der Waals surface area contributed by atoms with Gasteiger partial charge in [-0.1, -0.05) is 24.3 Å². The summed E-state index contributed by atoms with van der Waals surface area (Å²) in [4.78, 5) is 16.6. The van der Waals surface area contributed by atoms with Gasteiger partial charge in [0.25, 0.3) is 0 Å². The van der Waals surface area contributed by atoms with Crippen molar-refractivity contribution in [2.45, 2.75) is 25.5 Å². The van der Waals surface area contributed by atoms with Crippen LogP contribution in [-0.4, -0.2) is 23.8 Å². The first-order chi connectivity index (χ1) is 14.8. The number of aromatic nitrogens is 1. The van der Waals surface area contributed by atoms with Gasteiger partial charge >= 0.3 is 12.1 Å². The summed E-state index contributed by atoms with van der Waals surface area (Å²) >= 11 is 2.86. The van der Waals surface area contributed by atoms with Gasteiger partial charge in [0.1, 0.15) is 17.4 Å². The summed E-state index contributed by atoms with van der Waals surface area (Å²) in [7, 11) is 1.36. The predicted octanol–water partition coefficient (Wildman–Crippen LogP) is 6.12. The van der Waals surface area contributed by atoms with Crippen molar-refractivity contribution in [1.82, 2.24) is 4.98 Å². The Labute approximate surface area is 186 Å². The number of thiazole rings is 1. The minimum Gasteiger partial charge on any atom is -0.488 e. The summed E-state index contributed by atoms with van der Waals surface area (Å²) in [5.74, 6) is 1.38. The van der Waals surface area contributed by atoms with Crippen LogP contribution in [0.2, 0.25) is 0 Å². The van der Waals surface area contributed by atoms with Crippen molar-refractivity contribution in [3.8, 4) is 16.3 Å². The maximum atomic E-state index is 12.7. The Morgan fingerprint density at radius 1 is 1.16 bits per heavy atom. The van der Waals surface area contributed by atoms with E-state index in [-0.39, 0.29) is 11.7 Å². The minimum atomic E-state index is -4.36. The van der Waals surface area contributed by atoms with E-state index in [9.17, 15) is 18.0 Å². The maximum Gasteiger partial charge on any atom is 0.416 e. The quantitative estimate of drug-likeness (QED) is 0.374. The molecule has 2 aromatic carbocycles. The molecule has 31 heavy (non-hydrogen) atoms. The van der Waals surface area contributed by atoms with E-state index < -0.39 is 11.7 Å². The summed E-state index contributed by atoms with van der Waals surface area (Å²) in [5, 5.41) is 0.651. The zero-order valence-electron chi connectivity index (χ0n) is 16.9. The highest BCUT2D eigenvalue weighted by Gasteiger charge is 2.30. The number of carbonyl (C=O) groups is 1. The first-order valence-corrected chi connectivity index (χ1v) is 11.2. The zero-order valence-corrected chi connectivity index (χ0v) is 18.5. The van der Waals surface area contributed by atoms with Crippen molar-refractivity contribution < 1.29 is 27.4 Å². The standard InChI is InChI=1S/C22H20F3NO3S2/c1-14-19(31-21(26-14)16-6-8-17(9-7-16)22(23,24)25)11-29-18-5-3-4-15(10-18)12-30-13-20(27)28-2/h3-10H,11-13H2,1-2H3. The number of hydrogen-bond donors (Lipinski definition) is 0. The Bertz CT molecular complexity index is 1030. The lowest BCUT2D eigenvalue weighted by Crippen LogP contribution is -2.03. The molecule has 164 valence electrons. The van der Waals surface area contributed by atoms with Gasteiger partial charge in [0.05, 0.1) is 29.0 Å². The lowest BCUT2D eigenvalue weighted by atomic mass is 10.1. The second kappa shape index (κ2) is 10.2. The molecule has 9 heteroatoms. The van der Waals surface area contributed by atoms with Gasteiger partial charge in [-0.25, -0.2) is 4.98 Å². The van der Waals surface area contributed by atoms with Crippen molar-refractivity contribution >= 4 is 29.1 Å². The lowest BCUT2D eigenvalue weighted by Gasteiger charge is -2.07. The Morgan fingerprint density at radius 2 is 1.90 bits per heavy atom. The Hall–Kier alpha value is -2.52. The molecule has 0 radical (unpaired) electrons. The monoisotopic (exact) mass is 467 g/mol. The van der Waals surface area contributed by atoms with Crippen LogP contribution in [-0.2, 0) is 28.1 Å². The molecule has 4 nitrogen and oxygen atoms in total. The van der Waals surface area contributed by atoms with Gasteiger partial charge in [0.2, 0.25) is 0 Å². The molecule has 1 aromatic heterocycles. The normalized spacial score (nSPS) is 11.4. The van der Waals surface area contributed by atoms with Crippen LogP contribution in [0.5, 0.6) is 5.75 Å². The van der Waals surface area contributed by atoms with Crippen molar-refractivity contribution in [3.63, 3.8) is 0 Å². The molecule has 0 aliphatic heterocycles. The number of carbonyl (C=O) groups excluding carboxylic acids is 1. The van der Waals surface area contributed by atoms with E-state index in [1.54, 1.807) is 0 Å². The van der Waals surface area contributed by atoms with E-state index in [4.69, 9.17) is 4.74 Å². The number of esters is 1. The highest BCUT2D eigenvalue weighted by Crippen LogP contribution is 2.33. The van der Waals surface area contributed by atoms with Gasteiger partial charge in [0, 0.05) is 11.3 Å². The van der Waals surface area contributed by atoms with E-state index in [1.807, 2.05) is 31.2 Å². The molecule has 3 rings (SSSR count). The average molecular weight is 468 g/mol. The number of halogens is 3. The number of alkyl halides is 3. The van der Waals surface area contributed by atoms with Crippen LogP contribution >= 0.6 is 23.1 Å². The van der Waals surface area contributed by atoms with Crippen molar-refractivity contribution in [2.24, 2.45) is 0 Å². The molecule has 3 aromatic rings. The summed E-state index contributed by atoms with van der Waals surface area (Å²) in [6.07, 6.45) is -4.36. The van der Waals surface area contributed by atoms with Crippen molar-refractivity contribution in [3.05, 3.63) is 70.2 Å². The number of thioether (sulfide) groups is 1. The molecule has 0 spiro atoms.